The van der Waals surface area contributed by atoms with E-state index in [-0.39, 0.29) is 5.92 Å². The summed E-state index contributed by atoms with van der Waals surface area (Å²) < 4.78 is 1.85. The van der Waals surface area contributed by atoms with Gasteiger partial charge in [-0.05, 0) is 25.0 Å². The smallest absolute Gasteiger partial charge is 0.306 e. The Kier molecular flexibility index (Phi) is 3.72. The van der Waals surface area contributed by atoms with Gasteiger partial charge in [0.1, 0.15) is 18.3 Å². The van der Waals surface area contributed by atoms with Crippen LogP contribution in [0.4, 0.5) is 11.5 Å². The van der Waals surface area contributed by atoms with Crippen LogP contribution in [0.25, 0.3) is 16.9 Å². The molecule has 0 radical (unpaired) electrons. The third-order valence-corrected chi connectivity index (χ3v) is 4.67. The zero-order valence-electron chi connectivity index (χ0n) is 13.5. The summed E-state index contributed by atoms with van der Waals surface area (Å²) >= 11 is 0. The quantitative estimate of drug-likeness (QED) is 0.748. The van der Waals surface area contributed by atoms with Gasteiger partial charge in [-0.3, -0.25) is 9.36 Å². The molecule has 3 heterocycles. The van der Waals surface area contributed by atoms with Crippen molar-refractivity contribution in [3.05, 3.63) is 36.9 Å². The minimum absolute atomic E-state index is 0.295. The second-order valence-corrected chi connectivity index (χ2v) is 6.14. The van der Waals surface area contributed by atoms with Crippen molar-refractivity contribution in [1.29, 1.82) is 0 Å². The molecule has 25 heavy (non-hydrogen) atoms. The van der Waals surface area contributed by atoms with Gasteiger partial charge in [-0.25, -0.2) is 15.0 Å². The number of carbonyl (C=O) groups is 1. The van der Waals surface area contributed by atoms with E-state index in [1.54, 1.807) is 6.33 Å². The van der Waals surface area contributed by atoms with Crippen LogP contribution in [0.2, 0.25) is 0 Å². The van der Waals surface area contributed by atoms with Crippen LogP contribution in [-0.2, 0) is 4.79 Å². The fourth-order valence-electron chi connectivity index (χ4n) is 3.29. The highest BCUT2D eigenvalue weighted by molar-refractivity contribution is 5.80. The molecular weight excluding hydrogens is 320 g/mol. The summed E-state index contributed by atoms with van der Waals surface area (Å²) in [5, 5.41) is 9.14. The molecule has 1 fully saturated rings. The molecule has 3 aromatic rings. The number of para-hydroxylation sites is 2. The van der Waals surface area contributed by atoms with Crippen LogP contribution in [0, 0.1) is 5.92 Å². The van der Waals surface area contributed by atoms with E-state index >= 15 is 0 Å². The minimum atomic E-state index is -0.735. The van der Waals surface area contributed by atoms with E-state index in [1.807, 2.05) is 33.7 Å². The number of carboxylic acid groups (broad SMARTS) is 1. The van der Waals surface area contributed by atoms with Crippen LogP contribution in [0.15, 0.2) is 36.9 Å². The number of hydrogen-bond acceptors (Lipinski definition) is 6. The zero-order valence-corrected chi connectivity index (χ0v) is 13.5. The van der Waals surface area contributed by atoms with Gasteiger partial charge in [-0.2, -0.15) is 0 Å². The Bertz CT molecular complexity index is 930. The Morgan fingerprint density at radius 1 is 1.12 bits per heavy atom. The van der Waals surface area contributed by atoms with Gasteiger partial charge in [-0.15, -0.1) is 0 Å². The van der Waals surface area contributed by atoms with Crippen molar-refractivity contribution in [2.45, 2.75) is 12.8 Å². The van der Waals surface area contributed by atoms with E-state index < -0.39 is 5.97 Å². The molecule has 0 bridgehead atoms. The van der Waals surface area contributed by atoms with Crippen LogP contribution >= 0.6 is 0 Å². The molecule has 8 heteroatoms. The fourth-order valence-corrected chi connectivity index (χ4v) is 3.29. The number of nitrogens with two attached hydrogens (primary N) is 1. The number of nitrogens with zero attached hydrogens (tertiary/aromatic N) is 5. The first-order valence-corrected chi connectivity index (χ1v) is 8.16. The molecule has 0 atom stereocenters. The number of piperidine rings is 1. The highest BCUT2D eigenvalue weighted by Gasteiger charge is 2.27. The Balaban J connectivity index is 1.68. The summed E-state index contributed by atoms with van der Waals surface area (Å²) in [4.78, 5) is 26.2. The summed E-state index contributed by atoms with van der Waals surface area (Å²) in [6, 6.07) is 7.76. The molecule has 0 aliphatic carbocycles. The molecule has 128 valence electrons. The van der Waals surface area contributed by atoms with E-state index in [2.05, 4.69) is 15.0 Å². The number of aromatic nitrogens is 4. The Hall–Kier alpha value is -3.16. The van der Waals surface area contributed by atoms with Gasteiger partial charge in [-0.1, -0.05) is 12.1 Å². The fraction of sp³-hybridized carbons (Fsp3) is 0.294. The number of anilines is 2. The van der Waals surface area contributed by atoms with Crippen LogP contribution in [-0.4, -0.2) is 43.7 Å². The average molecular weight is 338 g/mol. The summed E-state index contributed by atoms with van der Waals surface area (Å²) in [5.41, 5.74) is 8.62. The summed E-state index contributed by atoms with van der Waals surface area (Å²) in [6.45, 7) is 1.23. The third-order valence-electron chi connectivity index (χ3n) is 4.67. The third kappa shape index (κ3) is 2.65. The second kappa shape index (κ2) is 6.04. The number of hydrogen-bond donors (Lipinski definition) is 2. The lowest BCUT2D eigenvalue weighted by atomic mass is 9.97. The second-order valence-electron chi connectivity index (χ2n) is 6.14. The number of imidazole rings is 1. The van der Waals surface area contributed by atoms with Gasteiger partial charge in [0.05, 0.1) is 17.0 Å². The highest BCUT2D eigenvalue weighted by atomic mass is 16.4. The van der Waals surface area contributed by atoms with Crippen LogP contribution in [0.1, 0.15) is 12.8 Å². The normalized spacial score (nSPS) is 15.6. The molecule has 0 amide bonds. The van der Waals surface area contributed by atoms with Gasteiger partial charge in [0.25, 0.3) is 0 Å². The first-order valence-electron chi connectivity index (χ1n) is 8.16. The summed E-state index contributed by atoms with van der Waals surface area (Å²) in [7, 11) is 0. The molecule has 0 saturated carbocycles. The standard InChI is InChI=1S/C17H18N6O2/c18-14-15(22-7-5-11(6-8-22)17(24)25)19-9-20-16(14)23-10-21-12-3-1-2-4-13(12)23/h1-4,9-11H,5-8,18H2,(H,24,25). The molecule has 4 rings (SSSR count). The van der Waals surface area contributed by atoms with Gasteiger partial charge < -0.3 is 15.7 Å². The Morgan fingerprint density at radius 3 is 2.60 bits per heavy atom. The van der Waals surface area contributed by atoms with E-state index in [0.717, 1.165) is 11.0 Å². The van der Waals surface area contributed by atoms with Crippen LogP contribution in [0.5, 0.6) is 0 Å². The Morgan fingerprint density at radius 2 is 1.84 bits per heavy atom. The first-order chi connectivity index (χ1) is 12.1. The maximum Gasteiger partial charge on any atom is 0.306 e. The van der Waals surface area contributed by atoms with Crippen LogP contribution < -0.4 is 10.6 Å². The van der Waals surface area contributed by atoms with E-state index in [0.29, 0.717) is 43.3 Å². The van der Waals surface area contributed by atoms with Crippen molar-refractivity contribution in [3.63, 3.8) is 0 Å². The predicted molar refractivity (Wildman–Crippen MR) is 93.6 cm³/mol. The van der Waals surface area contributed by atoms with E-state index in [9.17, 15) is 4.79 Å². The SMILES string of the molecule is Nc1c(N2CCC(C(=O)O)CC2)ncnc1-n1cnc2ccccc21. The molecule has 8 nitrogen and oxygen atoms in total. The topological polar surface area (TPSA) is 110 Å². The molecule has 3 N–H and O–H groups in total. The number of fused-ring (bicyclic) bond motifs is 1. The molecular formula is C17H18N6O2. The van der Waals surface area contributed by atoms with Crippen molar-refractivity contribution in [1.82, 2.24) is 19.5 Å². The maximum atomic E-state index is 11.1. The van der Waals surface area contributed by atoms with Crippen molar-refractivity contribution >= 4 is 28.5 Å². The van der Waals surface area contributed by atoms with Crippen molar-refractivity contribution < 1.29 is 9.90 Å². The van der Waals surface area contributed by atoms with Crippen molar-refractivity contribution in [2.24, 2.45) is 5.92 Å². The van der Waals surface area contributed by atoms with E-state index in [4.69, 9.17) is 10.8 Å². The highest BCUT2D eigenvalue weighted by Crippen LogP contribution is 2.30. The van der Waals surface area contributed by atoms with Gasteiger partial charge in [0, 0.05) is 13.1 Å². The van der Waals surface area contributed by atoms with Gasteiger partial charge in [0.2, 0.25) is 0 Å². The lowest BCUT2D eigenvalue weighted by molar-refractivity contribution is -0.142. The van der Waals surface area contributed by atoms with E-state index in [1.165, 1.54) is 6.33 Å². The molecule has 0 spiro atoms. The van der Waals surface area contributed by atoms with Gasteiger partial charge >= 0.3 is 5.97 Å². The average Bonchev–Trinajstić information content (AvgIpc) is 3.06. The molecule has 1 aliphatic heterocycles. The number of carboxylic acids is 1. The number of aliphatic carboxylic acids is 1. The monoisotopic (exact) mass is 338 g/mol. The number of nitrogen functional groups attached to an aromatic ring is 1. The van der Waals surface area contributed by atoms with Crippen molar-refractivity contribution in [3.8, 4) is 5.82 Å². The molecule has 1 saturated heterocycles. The predicted octanol–water partition coefficient (Wildman–Crippen LogP) is 1.70. The minimum Gasteiger partial charge on any atom is -0.481 e. The summed E-state index contributed by atoms with van der Waals surface area (Å²) in [5.74, 6) is 0.197. The largest absolute Gasteiger partial charge is 0.481 e. The number of rotatable bonds is 3. The molecule has 1 aromatic carbocycles. The van der Waals surface area contributed by atoms with Gasteiger partial charge in [0.15, 0.2) is 11.6 Å². The lowest BCUT2D eigenvalue weighted by Gasteiger charge is -2.31. The maximum absolute atomic E-state index is 11.1. The summed E-state index contributed by atoms with van der Waals surface area (Å²) in [6.07, 6.45) is 4.35. The Labute approximate surface area is 143 Å². The first kappa shape index (κ1) is 15.4. The lowest BCUT2D eigenvalue weighted by Crippen LogP contribution is -2.37. The molecule has 1 aliphatic rings. The van der Waals surface area contributed by atoms with Crippen LogP contribution in [0.3, 0.4) is 0 Å². The van der Waals surface area contributed by atoms with Crippen molar-refractivity contribution in [2.75, 3.05) is 23.7 Å². The number of benzene rings is 1. The molecule has 0 unspecified atom stereocenters. The zero-order chi connectivity index (χ0) is 17.4. The molecule has 2 aromatic heterocycles.